The van der Waals surface area contributed by atoms with Crippen LogP contribution in [0.3, 0.4) is 0 Å². The highest BCUT2D eigenvalue weighted by Crippen LogP contribution is 2.84. The standard InChI is InChI=1S/C7H21NO19P6.H3N/c9-2-1-4-3-27-33(25,26)7(4,32(22,23)24)8(5(28(10,11)12)29(13,14)15)6(30(16,17)18)31(19,20)21;/h4-6,9H,1-3H2,(H,25,26)(H2,10,11,12)(H2,13,14,15)(H2,16,17,18)(H2,19,20,21)(H2,22,23,24);1H3. The highest BCUT2D eigenvalue weighted by Gasteiger charge is 2.80. The van der Waals surface area contributed by atoms with E-state index in [4.69, 9.17) is 0 Å². The second-order valence-corrected chi connectivity index (χ2v) is 18.3. The predicted molar refractivity (Wildman–Crippen MR) is 108 cm³/mol. The van der Waals surface area contributed by atoms with Gasteiger partial charge in [-0.15, -0.1) is 0 Å². The number of aliphatic hydroxyl groups is 1. The van der Waals surface area contributed by atoms with Crippen molar-refractivity contribution in [2.24, 2.45) is 5.92 Å². The van der Waals surface area contributed by atoms with E-state index in [1.807, 2.05) is 0 Å². The zero-order valence-corrected chi connectivity index (χ0v) is 21.8. The van der Waals surface area contributed by atoms with Crippen molar-refractivity contribution in [1.29, 1.82) is 0 Å². The van der Waals surface area contributed by atoms with Crippen molar-refractivity contribution in [2.75, 3.05) is 13.2 Å². The lowest BCUT2D eigenvalue weighted by Gasteiger charge is -2.49. The van der Waals surface area contributed by atoms with E-state index in [0.29, 0.717) is 0 Å². The van der Waals surface area contributed by atoms with E-state index in [2.05, 4.69) is 4.52 Å². The summed E-state index contributed by atoms with van der Waals surface area (Å²) in [4.78, 5) is 105. The average Bonchev–Trinajstić information content (AvgIpc) is 2.72. The van der Waals surface area contributed by atoms with Gasteiger partial charge in [-0.2, -0.15) is 0 Å². The summed E-state index contributed by atoms with van der Waals surface area (Å²) in [5, 5.41) is 4.72. The van der Waals surface area contributed by atoms with Gasteiger partial charge < -0.3 is 69.6 Å². The van der Waals surface area contributed by atoms with Crippen molar-refractivity contribution in [3.8, 4) is 0 Å². The van der Waals surface area contributed by atoms with E-state index in [1.165, 1.54) is 0 Å². The maximum atomic E-state index is 12.9. The van der Waals surface area contributed by atoms with Crippen molar-refractivity contribution in [3.05, 3.63) is 0 Å². The molecule has 1 fully saturated rings. The monoisotopic (exact) mass is 626 g/mol. The van der Waals surface area contributed by atoms with E-state index in [0.717, 1.165) is 0 Å². The molecule has 206 valence electrons. The Morgan fingerprint density at radius 1 is 0.824 bits per heavy atom. The SMILES string of the molecule is N.O=P(O)(O)C(N(C(P(=O)(O)O)P(=O)(O)O)C1(P(=O)(O)O)C(CCO)COP1(=O)O)P(=O)(O)O. The molecule has 0 aromatic heterocycles. The van der Waals surface area contributed by atoms with Gasteiger partial charge in [-0.1, -0.05) is 0 Å². The van der Waals surface area contributed by atoms with Crippen molar-refractivity contribution in [1.82, 2.24) is 11.1 Å². The van der Waals surface area contributed by atoms with Gasteiger partial charge in [0.25, 0.3) is 0 Å². The van der Waals surface area contributed by atoms with Crippen molar-refractivity contribution >= 4 is 45.6 Å². The summed E-state index contributed by atoms with van der Waals surface area (Å²) in [5.74, 6) is -2.40. The van der Waals surface area contributed by atoms with Crippen LogP contribution in [-0.4, -0.2) is 93.1 Å². The lowest BCUT2D eigenvalue weighted by atomic mass is 10.1. The average molecular weight is 626 g/mol. The first-order valence-corrected chi connectivity index (χ1v) is 17.8. The quantitative estimate of drug-likeness (QED) is 0.114. The van der Waals surface area contributed by atoms with Crippen molar-refractivity contribution < 1.29 is 90.8 Å². The summed E-state index contributed by atoms with van der Waals surface area (Å²) in [7, 11) is -39.5. The minimum absolute atomic E-state index is 0. The lowest BCUT2D eigenvalue weighted by Crippen LogP contribution is -2.59. The Morgan fingerprint density at radius 3 is 1.38 bits per heavy atom. The molecular weight excluding hydrogens is 602 g/mol. The summed E-state index contributed by atoms with van der Waals surface area (Å²) in [6.07, 6.45) is -1.07. The maximum Gasteiger partial charge on any atom is 0.361 e. The Hall–Kier alpha value is 0.780. The Balaban J connectivity index is 0.0000109. The molecule has 1 heterocycles. The first-order chi connectivity index (χ1) is 14.3. The molecule has 0 radical (unpaired) electrons. The molecule has 1 aliphatic heterocycles. The van der Waals surface area contributed by atoms with Gasteiger partial charge in [0.05, 0.1) is 6.61 Å². The van der Waals surface area contributed by atoms with Gasteiger partial charge in [-0.05, 0) is 6.42 Å². The second kappa shape index (κ2) is 10.5. The summed E-state index contributed by atoms with van der Waals surface area (Å²) in [5.41, 5.74) is -8.35. The van der Waals surface area contributed by atoms with Crippen LogP contribution in [-0.2, 0) is 31.9 Å². The molecule has 0 saturated carbocycles. The van der Waals surface area contributed by atoms with Gasteiger partial charge in [0.15, 0.2) is 0 Å². The third-order valence-corrected chi connectivity index (χ3v) is 16.3. The van der Waals surface area contributed by atoms with Gasteiger partial charge in [-0.3, -0.25) is 27.4 Å². The number of hydrogen-bond donors (Lipinski definition) is 13. The molecule has 0 aromatic carbocycles. The van der Waals surface area contributed by atoms with Crippen LogP contribution < -0.4 is 6.15 Å². The molecule has 0 aliphatic carbocycles. The van der Waals surface area contributed by atoms with Crippen LogP contribution in [0.4, 0.5) is 0 Å². The number of hydrogen-bond acceptors (Lipinski definition) is 10. The maximum absolute atomic E-state index is 12.9. The molecule has 1 aliphatic rings. The van der Waals surface area contributed by atoms with Crippen molar-refractivity contribution in [3.63, 3.8) is 0 Å². The van der Waals surface area contributed by atoms with Crippen molar-refractivity contribution in [2.45, 2.75) is 22.5 Å². The molecule has 0 spiro atoms. The Kier molecular flexibility index (Phi) is 10.7. The summed E-state index contributed by atoms with van der Waals surface area (Å²) in [6, 6.07) is 0. The molecule has 34 heavy (non-hydrogen) atoms. The Labute approximate surface area is 189 Å². The second-order valence-electron chi connectivity index (χ2n) is 6.71. The molecule has 21 nitrogen and oxygen atoms in total. The first kappa shape index (κ1) is 34.8. The van der Waals surface area contributed by atoms with E-state index >= 15 is 0 Å². The number of nitrogens with zero attached hydrogens (tertiary/aromatic N) is 1. The molecule has 3 atom stereocenters. The van der Waals surface area contributed by atoms with Gasteiger partial charge in [0, 0.05) is 12.5 Å². The topological polar surface area (TPSA) is 393 Å². The van der Waals surface area contributed by atoms with E-state index in [9.17, 15) is 86.3 Å². The fourth-order valence-electron chi connectivity index (χ4n) is 3.47. The Morgan fingerprint density at radius 2 is 1.15 bits per heavy atom. The summed E-state index contributed by atoms with van der Waals surface area (Å²) >= 11 is 0. The van der Waals surface area contributed by atoms with Crippen LogP contribution in [0.1, 0.15) is 6.42 Å². The minimum Gasteiger partial charge on any atom is -0.396 e. The minimum atomic E-state index is -6.69. The fourth-order valence-corrected chi connectivity index (χ4v) is 14.8. The van der Waals surface area contributed by atoms with Crippen LogP contribution >= 0.6 is 45.6 Å². The third kappa shape index (κ3) is 6.43. The molecule has 0 bridgehead atoms. The zero-order valence-electron chi connectivity index (χ0n) is 16.4. The summed E-state index contributed by atoms with van der Waals surface area (Å²) < 4.78 is 77.8. The van der Waals surface area contributed by atoms with E-state index in [1.54, 1.807) is 0 Å². The van der Waals surface area contributed by atoms with Gasteiger partial charge in [0.1, 0.15) is 0 Å². The van der Waals surface area contributed by atoms with E-state index in [-0.39, 0.29) is 6.15 Å². The van der Waals surface area contributed by atoms with Crippen LogP contribution in [0.5, 0.6) is 0 Å². The van der Waals surface area contributed by atoms with E-state index < -0.39 is 92.1 Å². The first-order valence-electron chi connectivity index (χ1n) is 7.91. The number of rotatable bonds is 10. The lowest BCUT2D eigenvalue weighted by molar-refractivity contribution is 0.103. The van der Waals surface area contributed by atoms with Crippen LogP contribution in [0.2, 0.25) is 0 Å². The molecule has 3 unspecified atom stereocenters. The fraction of sp³-hybridized carbons (Fsp3) is 1.00. The Bertz CT molecular complexity index is 940. The van der Waals surface area contributed by atoms with Gasteiger partial charge in [-0.25, -0.2) is 4.90 Å². The zero-order chi connectivity index (χ0) is 26.6. The van der Waals surface area contributed by atoms with Crippen LogP contribution in [0.25, 0.3) is 0 Å². The molecule has 27 heteroatoms. The summed E-state index contributed by atoms with van der Waals surface area (Å²) in [6.45, 7) is -2.48. The van der Waals surface area contributed by atoms with Gasteiger partial charge in [0.2, 0.25) is 16.1 Å². The highest BCUT2D eigenvalue weighted by atomic mass is 31.3. The molecule has 0 amide bonds. The highest BCUT2D eigenvalue weighted by molar-refractivity contribution is 7.75. The molecule has 0 aromatic rings. The predicted octanol–water partition coefficient (Wildman–Crippen LogP) is -2.23. The third-order valence-electron chi connectivity index (χ3n) is 4.40. The largest absolute Gasteiger partial charge is 0.396 e. The normalized spacial score (nSPS) is 27.4. The van der Waals surface area contributed by atoms with Crippen LogP contribution in [0, 0.1) is 5.92 Å². The van der Waals surface area contributed by atoms with Gasteiger partial charge >= 0.3 is 45.6 Å². The molecule has 15 N–H and O–H groups in total. The number of aliphatic hydroxyl groups excluding tert-OH is 1. The molecular formula is C7H24N2O19P6. The molecule has 1 saturated heterocycles. The van der Waals surface area contributed by atoms with Crippen LogP contribution in [0.15, 0.2) is 0 Å². The molecule has 1 rings (SSSR count). The smallest absolute Gasteiger partial charge is 0.361 e.